The topological polar surface area (TPSA) is 72.4 Å². The third-order valence-electron chi connectivity index (χ3n) is 4.39. The predicted molar refractivity (Wildman–Crippen MR) is 95.4 cm³/mol. The zero-order valence-corrected chi connectivity index (χ0v) is 14.4. The Hall–Kier alpha value is -2.78. The molecule has 2 aromatic rings. The summed E-state index contributed by atoms with van der Waals surface area (Å²) in [4.78, 5) is 19.5. The maximum atomic E-state index is 12.1. The number of rotatable bonds is 5. The monoisotopic (exact) mass is 338 g/mol. The fourth-order valence-corrected chi connectivity index (χ4v) is 3.16. The van der Waals surface area contributed by atoms with Crippen molar-refractivity contribution in [1.29, 1.82) is 5.26 Å². The van der Waals surface area contributed by atoms with E-state index in [1.54, 1.807) is 13.1 Å². The van der Waals surface area contributed by atoms with Gasteiger partial charge in [0.2, 0.25) is 0 Å². The molecule has 0 atom stereocenters. The lowest BCUT2D eigenvalue weighted by Gasteiger charge is -2.36. The fraction of sp³-hybridized carbons (Fsp3) is 0.368. The molecule has 1 aromatic carbocycles. The van der Waals surface area contributed by atoms with Gasteiger partial charge in [0.05, 0.1) is 17.9 Å². The molecule has 1 fully saturated rings. The average Bonchev–Trinajstić information content (AvgIpc) is 3.08. The molecule has 2 heterocycles. The summed E-state index contributed by atoms with van der Waals surface area (Å²) in [7, 11) is 0. The standard InChI is InChI=1S/C19H22N4O2/c1-2-25-19(24)17-18(16(12-20)13-21-17)23-10-8-22(9-11-23)14-15-6-4-3-5-7-15/h3-7,13,21H,2,8-11,14H2,1H3. The van der Waals surface area contributed by atoms with Gasteiger partial charge in [0.25, 0.3) is 0 Å². The zero-order chi connectivity index (χ0) is 17.6. The van der Waals surface area contributed by atoms with Crippen LogP contribution in [0.15, 0.2) is 36.5 Å². The molecule has 1 aliphatic heterocycles. The van der Waals surface area contributed by atoms with E-state index in [0.29, 0.717) is 23.6 Å². The molecule has 0 unspecified atom stereocenters. The summed E-state index contributed by atoms with van der Waals surface area (Å²) in [5, 5.41) is 9.36. The van der Waals surface area contributed by atoms with Crippen LogP contribution in [0.25, 0.3) is 0 Å². The Kier molecular flexibility index (Phi) is 5.36. The van der Waals surface area contributed by atoms with Crippen molar-refractivity contribution in [2.75, 3.05) is 37.7 Å². The molecule has 1 saturated heterocycles. The second-order valence-corrected chi connectivity index (χ2v) is 6.01. The van der Waals surface area contributed by atoms with Crippen molar-refractivity contribution >= 4 is 11.7 Å². The number of ether oxygens (including phenoxy) is 1. The third-order valence-corrected chi connectivity index (χ3v) is 4.39. The van der Waals surface area contributed by atoms with Gasteiger partial charge in [-0.25, -0.2) is 4.79 Å². The number of hydrogen-bond donors (Lipinski definition) is 1. The number of piperazine rings is 1. The first-order chi connectivity index (χ1) is 12.2. The number of H-pyrrole nitrogens is 1. The molecule has 0 saturated carbocycles. The van der Waals surface area contributed by atoms with E-state index in [0.717, 1.165) is 32.7 Å². The van der Waals surface area contributed by atoms with Crippen molar-refractivity contribution in [2.45, 2.75) is 13.5 Å². The second kappa shape index (κ2) is 7.86. The summed E-state index contributed by atoms with van der Waals surface area (Å²) >= 11 is 0. The number of hydrogen-bond acceptors (Lipinski definition) is 5. The van der Waals surface area contributed by atoms with Gasteiger partial charge < -0.3 is 14.6 Å². The van der Waals surface area contributed by atoms with E-state index < -0.39 is 5.97 Å². The molecule has 0 aliphatic carbocycles. The maximum absolute atomic E-state index is 12.1. The summed E-state index contributed by atoms with van der Waals surface area (Å²) in [5.74, 6) is -0.411. The summed E-state index contributed by atoms with van der Waals surface area (Å²) < 4.78 is 5.10. The lowest BCUT2D eigenvalue weighted by molar-refractivity contribution is 0.0521. The second-order valence-electron chi connectivity index (χ2n) is 6.01. The van der Waals surface area contributed by atoms with Crippen LogP contribution in [0.5, 0.6) is 0 Å². The molecule has 1 aliphatic rings. The number of esters is 1. The van der Waals surface area contributed by atoms with E-state index in [9.17, 15) is 10.1 Å². The van der Waals surface area contributed by atoms with Gasteiger partial charge in [0, 0.05) is 38.9 Å². The average molecular weight is 338 g/mol. The first kappa shape index (κ1) is 17.1. The minimum atomic E-state index is -0.411. The number of carbonyl (C=O) groups excluding carboxylic acids is 1. The van der Waals surface area contributed by atoms with Gasteiger partial charge in [-0.1, -0.05) is 30.3 Å². The van der Waals surface area contributed by atoms with E-state index in [1.165, 1.54) is 5.56 Å². The van der Waals surface area contributed by atoms with Gasteiger partial charge in [-0.15, -0.1) is 0 Å². The van der Waals surface area contributed by atoms with E-state index in [2.05, 4.69) is 45.1 Å². The van der Waals surface area contributed by atoms with Crippen LogP contribution in [0.4, 0.5) is 5.69 Å². The van der Waals surface area contributed by atoms with Crippen LogP contribution in [-0.4, -0.2) is 48.6 Å². The molecule has 0 radical (unpaired) electrons. The van der Waals surface area contributed by atoms with Gasteiger partial charge in [0.15, 0.2) is 0 Å². The highest BCUT2D eigenvalue weighted by Gasteiger charge is 2.26. The number of benzene rings is 1. The van der Waals surface area contributed by atoms with Crippen LogP contribution in [0, 0.1) is 11.3 Å². The van der Waals surface area contributed by atoms with Crippen molar-refractivity contribution in [3.8, 4) is 6.07 Å². The fourth-order valence-electron chi connectivity index (χ4n) is 3.16. The van der Waals surface area contributed by atoms with Crippen molar-refractivity contribution in [1.82, 2.24) is 9.88 Å². The quantitative estimate of drug-likeness (QED) is 0.848. The first-order valence-electron chi connectivity index (χ1n) is 8.52. The van der Waals surface area contributed by atoms with Crippen LogP contribution >= 0.6 is 0 Å². The van der Waals surface area contributed by atoms with Gasteiger partial charge >= 0.3 is 5.97 Å². The molecule has 3 rings (SSSR count). The lowest BCUT2D eigenvalue weighted by atomic mass is 10.1. The Bertz CT molecular complexity index is 755. The maximum Gasteiger partial charge on any atom is 0.356 e. The summed E-state index contributed by atoms with van der Waals surface area (Å²) in [5.41, 5.74) is 2.82. The zero-order valence-electron chi connectivity index (χ0n) is 14.4. The molecule has 130 valence electrons. The molecular weight excluding hydrogens is 316 g/mol. The first-order valence-corrected chi connectivity index (χ1v) is 8.52. The molecule has 0 amide bonds. The summed E-state index contributed by atoms with van der Waals surface area (Å²) in [6.45, 7) is 6.30. The normalized spacial score (nSPS) is 15.0. The minimum Gasteiger partial charge on any atom is -0.461 e. The Morgan fingerprint density at radius 3 is 2.60 bits per heavy atom. The van der Waals surface area contributed by atoms with Crippen molar-refractivity contribution < 1.29 is 9.53 Å². The highest BCUT2D eigenvalue weighted by atomic mass is 16.5. The van der Waals surface area contributed by atoms with Gasteiger partial charge in [0.1, 0.15) is 11.8 Å². The van der Waals surface area contributed by atoms with E-state index in [1.807, 2.05) is 6.07 Å². The summed E-state index contributed by atoms with van der Waals surface area (Å²) in [6, 6.07) is 12.6. The molecule has 1 N–H and O–H groups in total. The Morgan fingerprint density at radius 2 is 1.96 bits per heavy atom. The molecule has 6 nitrogen and oxygen atoms in total. The van der Waals surface area contributed by atoms with Gasteiger partial charge in [-0.3, -0.25) is 4.90 Å². The largest absolute Gasteiger partial charge is 0.461 e. The van der Waals surface area contributed by atoms with Crippen molar-refractivity contribution in [2.24, 2.45) is 0 Å². The molecule has 0 bridgehead atoms. The lowest BCUT2D eigenvalue weighted by Crippen LogP contribution is -2.46. The number of aromatic nitrogens is 1. The van der Waals surface area contributed by atoms with Gasteiger partial charge in [-0.05, 0) is 12.5 Å². The van der Waals surface area contributed by atoms with E-state index in [-0.39, 0.29) is 0 Å². The number of nitriles is 1. The predicted octanol–water partition coefficient (Wildman–Crippen LogP) is 2.39. The molecule has 0 spiro atoms. The highest BCUT2D eigenvalue weighted by Crippen LogP contribution is 2.27. The summed E-state index contributed by atoms with van der Waals surface area (Å²) in [6.07, 6.45) is 1.58. The minimum absolute atomic E-state index is 0.310. The number of aromatic amines is 1. The SMILES string of the molecule is CCOC(=O)c1[nH]cc(C#N)c1N1CCN(Cc2ccccc2)CC1. The van der Waals surface area contributed by atoms with Crippen molar-refractivity contribution in [3.05, 3.63) is 53.3 Å². The molecule has 1 aromatic heterocycles. The molecule has 6 heteroatoms. The van der Waals surface area contributed by atoms with Gasteiger partial charge in [-0.2, -0.15) is 5.26 Å². The van der Waals surface area contributed by atoms with E-state index in [4.69, 9.17) is 4.74 Å². The Balaban J connectivity index is 1.69. The number of nitrogens with zero attached hydrogens (tertiary/aromatic N) is 3. The van der Waals surface area contributed by atoms with Crippen molar-refractivity contribution in [3.63, 3.8) is 0 Å². The number of carbonyl (C=O) groups is 1. The van der Waals surface area contributed by atoms with Crippen LogP contribution < -0.4 is 4.90 Å². The molecule has 25 heavy (non-hydrogen) atoms. The van der Waals surface area contributed by atoms with E-state index >= 15 is 0 Å². The highest BCUT2D eigenvalue weighted by molar-refractivity contribution is 5.95. The van der Waals surface area contributed by atoms with Crippen LogP contribution in [0.2, 0.25) is 0 Å². The Labute approximate surface area is 147 Å². The third kappa shape index (κ3) is 3.83. The molecular formula is C19H22N4O2. The Morgan fingerprint density at radius 1 is 1.24 bits per heavy atom. The number of nitrogens with one attached hydrogen (secondary N) is 1. The number of anilines is 1. The van der Waals surface area contributed by atoms with Crippen LogP contribution in [-0.2, 0) is 11.3 Å². The van der Waals surface area contributed by atoms with Crippen LogP contribution in [0.1, 0.15) is 28.5 Å². The van der Waals surface area contributed by atoms with Crippen LogP contribution in [0.3, 0.4) is 0 Å². The smallest absolute Gasteiger partial charge is 0.356 e.